The van der Waals surface area contributed by atoms with Crippen LogP contribution >= 0.6 is 90.4 Å². The fourth-order valence-corrected chi connectivity index (χ4v) is 12.1. The third kappa shape index (κ3) is 5.63. The first-order chi connectivity index (χ1) is 19.9. The minimum Gasteiger partial charge on any atom is -0.744 e. The molecule has 1 heterocycles. The molecule has 4 fully saturated rings. The second kappa shape index (κ2) is 12.1. The van der Waals surface area contributed by atoms with Gasteiger partial charge in [-0.2, -0.15) is 0 Å². The van der Waals surface area contributed by atoms with E-state index in [0.29, 0.717) is 17.5 Å². The molecule has 2 aromatic carbocycles. The van der Waals surface area contributed by atoms with Crippen molar-refractivity contribution in [3.05, 3.63) is 49.7 Å². The van der Waals surface area contributed by atoms with Gasteiger partial charge in [0.05, 0.1) is 22.3 Å². The Kier molecular flexibility index (Phi) is 9.14. The van der Waals surface area contributed by atoms with Gasteiger partial charge >= 0.3 is 17.9 Å². The topological polar surface area (TPSA) is 136 Å². The quantitative estimate of drug-likeness (QED) is 0.0854. The summed E-state index contributed by atoms with van der Waals surface area (Å²) in [4.78, 5) is 39.7. The number of rotatable bonds is 6. The molecule has 6 atom stereocenters. The van der Waals surface area contributed by atoms with E-state index in [0.717, 1.165) is 46.4 Å². The Hall–Kier alpha value is -0.320. The largest absolute Gasteiger partial charge is 0.744 e. The lowest BCUT2D eigenvalue weighted by Gasteiger charge is -2.30. The summed E-state index contributed by atoms with van der Waals surface area (Å²) in [5.74, 6) is -4.01. The van der Waals surface area contributed by atoms with E-state index in [-0.39, 0.29) is 22.5 Å². The molecule has 2 aromatic rings. The molecule has 224 valence electrons. The first kappa shape index (κ1) is 31.7. The van der Waals surface area contributed by atoms with E-state index < -0.39 is 58.0 Å². The Morgan fingerprint density at radius 1 is 0.952 bits per heavy atom. The van der Waals surface area contributed by atoms with Gasteiger partial charge < -0.3 is 18.8 Å². The van der Waals surface area contributed by atoms with Gasteiger partial charge in [0.1, 0.15) is 28.1 Å². The molecule has 14 heteroatoms. The van der Waals surface area contributed by atoms with E-state index in [4.69, 9.17) is 14.2 Å². The maximum atomic E-state index is 13.6. The van der Waals surface area contributed by atoms with Crippen LogP contribution in [0, 0.1) is 38.0 Å². The average Bonchev–Trinajstić information content (AvgIpc) is 3.56. The molecular weight excluding hydrogens is 1020 g/mol. The molecule has 6 unspecified atom stereocenters. The van der Waals surface area contributed by atoms with Crippen LogP contribution in [0.4, 0.5) is 0 Å². The number of ether oxygens (including phenoxy) is 3. The van der Waals surface area contributed by atoms with Crippen LogP contribution in [0.15, 0.2) is 29.2 Å². The molecule has 0 radical (unpaired) electrons. The van der Waals surface area contributed by atoms with Crippen LogP contribution in [-0.4, -0.2) is 43.1 Å². The van der Waals surface area contributed by atoms with Gasteiger partial charge in [-0.3, -0.25) is 9.59 Å². The number of hydrogen-bond acceptors (Lipinski definition) is 9. The highest BCUT2D eigenvalue weighted by molar-refractivity contribution is 14.1. The lowest BCUT2D eigenvalue weighted by Crippen LogP contribution is -2.44. The zero-order valence-electron chi connectivity index (χ0n) is 21.7. The van der Waals surface area contributed by atoms with E-state index in [2.05, 4.69) is 90.4 Å². The molecule has 1 aliphatic heterocycles. The maximum Gasteiger partial charge on any atom is 0.340 e. The van der Waals surface area contributed by atoms with Gasteiger partial charge in [-0.1, -0.05) is 19.3 Å². The van der Waals surface area contributed by atoms with E-state index in [1.54, 1.807) is 0 Å². The molecule has 1 saturated heterocycles. The molecule has 0 N–H and O–H groups in total. The predicted molar refractivity (Wildman–Crippen MR) is 181 cm³/mol. The van der Waals surface area contributed by atoms with Crippen LogP contribution in [0.1, 0.15) is 60.4 Å². The second-order valence-corrected chi connectivity index (χ2v) is 17.0. The molecule has 6 rings (SSSR count). The van der Waals surface area contributed by atoms with Gasteiger partial charge in [0.2, 0.25) is 0 Å². The average molecular weight is 1040 g/mol. The van der Waals surface area contributed by atoms with E-state index in [1.807, 2.05) is 6.07 Å². The normalized spacial score (nSPS) is 28.5. The fraction of sp³-hybridized carbons (Fsp3) is 0.464. The highest BCUT2D eigenvalue weighted by atomic mass is 127. The molecule has 42 heavy (non-hydrogen) atoms. The summed E-state index contributed by atoms with van der Waals surface area (Å²) in [7, 11) is -4.72. The summed E-state index contributed by atoms with van der Waals surface area (Å²) < 4.78 is 56.9. The van der Waals surface area contributed by atoms with Gasteiger partial charge in [-0.05, 0) is 145 Å². The molecule has 0 amide bonds. The number of halogens is 4. The summed E-state index contributed by atoms with van der Waals surface area (Å²) in [6.07, 6.45) is 3.44. The monoisotopic (exact) mass is 1040 g/mol. The summed E-state index contributed by atoms with van der Waals surface area (Å²) in [6, 6.07) is 5.88. The number of benzene rings is 2. The van der Waals surface area contributed by atoms with Crippen molar-refractivity contribution in [3.8, 4) is 5.75 Å². The van der Waals surface area contributed by atoms with E-state index in [9.17, 15) is 27.4 Å². The SMILES string of the molecule is O=C(OC1C2CC3C1OC(=O)C3C2C(=O)Oc1ccc(S(=O)(=O)[O-])c(C2CCCCC2)c1)c1c(I)cc(I)c(I)c1I. The molecule has 0 aromatic heterocycles. The molecule has 4 aliphatic rings. The van der Waals surface area contributed by atoms with Crippen LogP contribution in [0.25, 0.3) is 0 Å². The third-order valence-electron chi connectivity index (χ3n) is 8.89. The number of carbonyl (C=O) groups excluding carboxylic acids is 3. The minimum absolute atomic E-state index is 0.116. The van der Waals surface area contributed by atoms with Crippen LogP contribution in [-0.2, 0) is 29.2 Å². The number of hydrogen-bond donors (Lipinski definition) is 0. The Morgan fingerprint density at radius 3 is 2.36 bits per heavy atom. The van der Waals surface area contributed by atoms with Crippen molar-refractivity contribution in [2.45, 2.75) is 61.5 Å². The fourth-order valence-electron chi connectivity index (χ4n) is 7.14. The summed E-state index contributed by atoms with van der Waals surface area (Å²) in [5, 5.41) is 0. The maximum absolute atomic E-state index is 13.6. The van der Waals surface area contributed by atoms with E-state index >= 15 is 0 Å². The van der Waals surface area contributed by atoms with Crippen LogP contribution in [0.3, 0.4) is 0 Å². The van der Waals surface area contributed by atoms with Crippen LogP contribution < -0.4 is 4.74 Å². The molecule has 3 saturated carbocycles. The molecule has 9 nitrogen and oxygen atoms in total. The second-order valence-electron chi connectivity index (χ2n) is 11.1. The predicted octanol–water partition coefficient (Wildman–Crippen LogP) is 6.00. The molecule has 0 spiro atoms. The highest BCUT2D eigenvalue weighted by Gasteiger charge is 2.70. The molecular formula is C28H23I4O9S-. The van der Waals surface area contributed by atoms with Crippen molar-refractivity contribution >= 4 is 118 Å². The third-order valence-corrected chi connectivity index (χ3v) is 15.8. The van der Waals surface area contributed by atoms with Crippen LogP contribution in [0.5, 0.6) is 5.75 Å². The van der Waals surface area contributed by atoms with Crippen LogP contribution in [0.2, 0.25) is 0 Å². The Bertz CT molecular complexity index is 1600. The Balaban J connectivity index is 1.26. The van der Waals surface area contributed by atoms with Crippen molar-refractivity contribution in [3.63, 3.8) is 0 Å². The first-order valence-corrected chi connectivity index (χ1v) is 19.1. The number of carbonyl (C=O) groups is 3. The van der Waals surface area contributed by atoms with Gasteiger partial charge in [0.25, 0.3) is 0 Å². The van der Waals surface area contributed by atoms with E-state index in [1.165, 1.54) is 18.2 Å². The smallest absolute Gasteiger partial charge is 0.340 e. The zero-order chi connectivity index (χ0) is 30.1. The number of esters is 3. The zero-order valence-corrected chi connectivity index (χ0v) is 31.1. The van der Waals surface area contributed by atoms with Crippen molar-refractivity contribution in [2.24, 2.45) is 23.7 Å². The van der Waals surface area contributed by atoms with Gasteiger partial charge in [-0.25, -0.2) is 13.2 Å². The lowest BCUT2D eigenvalue weighted by molar-refractivity contribution is -0.149. The standard InChI is InChI=1S/C28H24I4O9S/c29-16-10-17(30)22(31)23(32)21(16)28(35)41-25-14-9-15-20(27(34)40-24(15)25)19(14)26(33)39-12-6-7-18(42(36,37)38)13(8-12)11-4-2-1-3-5-11/h6-8,10-11,14-15,19-20,24-25H,1-5,9H2,(H,36,37,38)/p-1. The van der Waals surface area contributed by atoms with Crippen molar-refractivity contribution in [1.82, 2.24) is 0 Å². The molecule has 2 bridgehead atoms. The molecule has 3 aliphatic carbocycles. The van der Waals surface area contributed by atoms with Gasteiger partial charge in [0.15, 0.2) is 0 Å². The Labute approximate surface area is 297 Å². The minimum atomic E-state index is -4.72. The van der Waals surface area contributed by atoms with Gasteiger partial charge in [-0.15, -0.1) is 0 Å². The summed E-state index contributed by atoms with van der Waals surface area (Å²) >= 11 is 8.63. The summed E-state index contributed by atoms with van der Waals surface area (Å²) in [5.41, 5.74) is 0.805. The van der Waals surface area contributed by atoms with Crippen molar-refractivity contribution in [1.29, 1.82) is 0 Å². The van der Waals surface area contributed by atoms with Crippen molar-refractivity contribution in [2.75, 3.05) is 0 Å². The first-order valence-electron chi connectivity index (χ1n) is 13.4. The lowest BCUT2D eigenvalue weighted by atomic mass is 9.78. The van der Waals surface area contributed by atoms with Crippen molar-refractivity contribution < 1.29 is 41.6 Å². The Morgan fingerprint density at radius 2 is 1.67 bits per heavy atom. The number of fused-ring (bicyclic) bond motifs is 1. The van der Waals surface area contributed by atoms with Gasteiger partial charge in [0, 0.05) is 26.1 Å². The highest BCUT2D eigenvalue weighted by Crippen LogP contribution is 2.59. The summed E-state index contributed by atoms with van der Waals surface area (Å²) in [6.45, 7) is 0.